The topological polar surface area (TPSA) is 41.1 Å². The van der Waals surface area contributed by atoms with Crippen LogP contribution < -0.4 is 10.6 Å². The Morgan fingerprint density at radius 1 is 1.31 bits per heavy atom. The standard InChI is InChI=1S/C13H26N2O/c1-3-5-6-7-9-15-12(16)13(4-2)8-10-14-11-13/h14H,3-11H2,1-2H3,(H,15,16). The van der Waals surface area contributed by atoms with Crippen LogP contribution in [0.1, 0.15) is 52.4 Å². The van der Waals surface area contributed by atoms with Crippen LogP contribution in [-0.2, 0) is 4.79 Å². The van der Waals surface area contributed by atoms with Crippen LogP contribution in [0.2, 0.25) is 0 Å². The van der Waals surface area contributed by atoms with E-state index in [1.54, 1.807) is 0 Å². The molecule has 1 unspecified atom stereocenters. The zero-order valence-electron chi connectivity index (χ0n) is 10.8. The van der Waals surface area contributed by atoms with Crippen molar-refractivity contribution in [2.45, 2.75) is 52.4 Å². The molecule has 3 heteroatoms. The number of rotatable bonds is 7. The summed E-state index contributed by atoms with van der Waals surface area (Å²) in [5, 5.41) is 6.39. The van der Waals surface area contributed by atoms with Gasteiger partial charge in [-0.1, -0.05) is 33.1 Å². The van der Waals surface area contributed by atoms with Gasteiger partial charge in [0.25, 0.3) is 0 Å². The van der Waals surface area contributed by atoms with E-state index in [2.05, 4.69) is 24.5 Å². The van der Waals surface area contributed by atoms with Gasteiger partial charge in [-0.3, -0.25) is 4.79 Å². The Kier molecular flexibility index (Phi) is 5.81. The number of carbonyl (C=O) groups is 1. The second-order valence-corrected chi connectivity index (χ2v) is 4.88. The molecule has 1 aliphatic rings. The molecule has 0 aliphatic carbocycles. The van der Waals surface area contributed by atoms with E-state index in [9.17, 15) is 4.79 Å². The van der Waals surface area contributed by atoms with E-state index in [0.29, 0.717) is 0 Å². The maximum atomic E-state index is 12.1. The van der Waals surface area contributed by atoms with Gasteiger partial charge in [0.15, 0.2) is 0 Å². The highest BCUT2D eigenvalue weighted by Gasteiger charge is 2.38. The van der Waals surface area contributed by atoms with E-state index in [-0.39, 0.29) is 11.3 Å². The molecule has 1 aliphatic heterocycles. The van der Waals surface area contributed by atoms with Crippen molar-refractivity contribution < 1.29 is 4.79 Å². The van der Waals surface area contributed by atoms with Crippen LogP contribution in [0.3, 0.4) is 0 Å². The van der Waals surface area contributed by atoms with Crippen molar-refractivity contribution in [2.75, 3.05) is 19.6 Å². The van der Waals surface area contributed by atoms with Crippen molar-refractivity contribution in [2.24, 2.45) is 5.41 Å². The zero-order valence-corrected chi connectivity index (χ0v) is 10.8. The van der Waals surface area contributed by atoms with Gasteiger partial charge < -0.3 is 10.6 Å². The first-order valence-electron chi connectivity index (χ1n) is 6.74. The highest BCUT2D eigenvalue weighted by atomic mass is 16.2. The molecule has 0 radical (unpaired) electrons. The van der Waals surface area contributed by atoms with Crippen molar-refractivity contribution in [3.8, 4) is 0 Å². The monoisotopic (exact) mass is 226 g/mol. The number of hydrogen-bond acceptors (Lipinski definition) is 2. The van der Waals surface area contributed by atoms with Gasteiger partial charge in [-0.05, 0) is 25.8 Å². The van der Waals surface area contributed by atoms with E-state index < -0.39 is 0 Å². The van der Waals surface area contributed by atoms with Crippen LogP contribution >= 0.6 is 0 Å². The Bertz CT molecular complexity index is 210. The lowest BCUT2D eigenvalue weighted by molar-refractivity contribution is -0.130. The van der Waals surface area contributed by atoms with Crippen molar-refractivity contribution >= 4 is 5.91 Å². The second kappa shape index (κ2) is 6.89. The van der Waals surface area contributed by atoms with E-state index in [4.69, 9.17) is 0 Å². The number of amides is 1. The molecule has 1 rings (SSSR count). The molecule has 1 heterocycles. The third-order valence-electron chi connectivity index (χ3n) is 3.72. The first kappa shape index (κ1) is 13.5. The number of hydrogen-bond donors (Lipinski definition) is 2. The molecule has 0 saturated carbocycles. The lowest BCUT2D eigenvalue weighted by Gasteiger charge is -2.25. The van der Waals surface area contributed by atoms with Gasteiger partial charge in [0.05, 0.1) is 5.41 Å². The molecule has 1 saturated heterocycles. The molecular formula is C13H26N2O. The van der Waals surface area contributed by atoms with Crippen LogP contribution in [0.15, 0.2) is 0 Å². The molecule has 1 amide bonds. The van der Waals surface area contributed by atoms with Crippen LogP contribution in [0.5, 0.6) is 0 Å². The minimum Gasteiger partial charge on any atom is -0.356 e. The van der Waals surface area contributed by atoms with Gasteiger partial charge in [0.2, 0.25) is 5.91 Å². The Morgan fingerprint density at radius 2 is 2.12 bits per heavy atom. The average molecular weight is 226 g/mol. The van der Waals surface area contributed by atoms with Crippen LogP contribution in [0.25, 0.3) is 0 Å². The van der Waals surface area contributed by atoms with Crippen LogP contribution in [0, 0.1) is 5.41 Å². The first-order chi connectivity index (χ1) is 7.75. The molecule has 0 aromatic rings. The smallest absolute Gasteiger partial charge is 0.227 e. The third kappa shape index (κ3) is 3.48. The third-order valence-corrected chi connectivity index (χ3v) is 3.72. The van der Waals surface area contributed by atoms with Crippen LogP contribution in [-0.4, -0.2) is 25.5 Å². The first-order valence-corrected chi connectivity index (χ1v) is 6.74. The predicted molar refractivity (Wildman–Crippen MR) is 67.4 cm³/mol. The summed E-state index contributed by atoms with van der Waals surface area (Å²) in [5.74, 6) is 0.261. The molecule has 0 aromatic carbocycles. The predicted octanol–water partition coefficient (Wildman–Crippen LogP) is 2.07. The summed E-state index contributed by atoms with van der Waals surface area (Å²) in [5.41, 5.74) is -0.120. The van der Waals surface area contributed by atoms with Gasteiger partial charge >= 0.3 is 0 Å². The summed E-state index contributed by atoms with van der Waals surface area (Å²) in [6, 6.07) is 0. The highest BCUT2D eigenvalue weighted by Crippen LogP contribution is 2.29. The maximum absolute atomic E-state index is 12.1. The molecule has 0 spiro atoms. The summed E-state index contributed by atoms with van der Waals surface area (Å²) in [6.07, 6.45) is 6.80. The summed E-state index contributed by atoms with van der Waals surface area (Å²) < 4.78 is 0. The Balaban J connectivity index is 2.22. The van der Waals surface area contributed by atoms with Gasteiger partial charge in [0, 0.05) is 13.1 Å². The summed E-state index contributed by atoms with van der Waals surface area (Å²) in [4.78, 5) is 12.1. The second-order valence-electron chi connectivity index (χ2n) is 4.88. The lowest BCUT2D eigenvalue weighted by Crippen LogP contribution is -2.42. The lowest BCUT2D eigenvalue weighted by atomic mass is 9.83. The Labute approximate surface area is 99.4 Å². The minimum atomic E-state index is -0.120. The molecule has 2 N–H and O–H groups in total. The Morgan fingerprint density at radius 3 is 2.69 bits per heavy atom. The fourth-order valence-electron chi connectivity index (χ4n) is 2.34. The SMILES string of the molecule is CCCCCCNC(=O)C1(CC)CCNC1. The minimum absolute atomic E-state index is 0.120. The quantitative estimate of drug-likeness (QED) is 0.653. The molecule has 1 fully saturated rings. The number of nitrogens with one attached hydrogen (secondary N) is 2. The maximum Gasteiger partial charge on any atom is 0.227 e. The molecule has 94 valence electrons. The van der Waals surface area contributed by atoms with Crippen molar-refractivity contribution in [1.29, 1.82) is 0 Å². The number of carbonyl (C=O) groups excluding carboxylic acids is 1. The van der Waals surface area contributed by atoms with E-state index >= 15 is 0 Å². The van der Waals surface area contributed by atoms with E-state index in [1.165, 1.54) is 19.3 Å². The molecular weight excluding hydrogens is 200 g/mol. The fraction of sp³-hybridized carbons (Fsp3) is 0.923. The van der Waals surface area contributed by atoms with Gasteiger partial charge in [-0.15, -0.1) is 0 Å². The van der Waals surface area contributed by atoms with Crippen molar-refractivity contribution in [3.63, 3.8) is 0 Å². The highest BCUT2D eigenvalue weighted by molar-refractivity contribution is 5.83. The van der Waals surface area contributed by atoms with E-state index in [1.807, 2.05) is 0 Å². The molecule has 0 bridgehead atoms. The summed E-state index contributed by atoms with van der Waals surface area (Å²) >= 11 is 0. The van der Waals surface area contributed by atoms with Gasteiger partial charge in [0.1, 0.15) is 0 Å². The Hall–Kier alpha value is -0.570. The fourth-order valence-corrected chi connectivity index (χ4v) is 2.34. The van der Waals surface area contributed by atoms with E-state index in [0.717, 1.165) is 38.9 Å². The molecule has 0 aromatic heterocycles. The number of unbranched alkanes of at least 4 members (excludes halogenated alkanes) is 3. The van der Waals surface area contributed by atoms with Crippen LogP contribution in [0.4, 0.5) is 0 Å². The van der Waals surface area contributed by atoms with Crippen molar-refractivity contribution in [1.82, 2.24) is 10.6 Å². The average Bonchev–Trinajstić information content (AvgIpc) is 2.78. The van der Waals surface area contributed by atoms with Gasteiger partial charge in [-0.25, -0.2) is 0 Å². The summed E-state index contributed by atoms with van der Waals surface area (Å²) in [7, 11) is 0. The molecule has 16 heavy (non-hydrogen) atoms. The summed E-state index contributed by atoms with van der Waals surface area (Å²) in [6.45, 7) is 7.00. The largest absolute Gasteiger partial charge is 0.356 e. The van der Waals surface area contributed by atoms with Crippen molar-refractivity contribution in [3.05, 3.63) is 0 Å². The zero-order chi connectivity index (χ0) is 11.9. The van der Waals surface area contributed by atoms with Gasteiger partial charge in [-0.2, -0.15) is 0 Å². The molecule has 1 atom stereocenters. The normalized spacial score (nSPS) is 24.6. The molecule has 3 nitrogen and oxygen atoms in total.